The molecular weight excluding hydrogens is 345 g/mol. The number of hydrogen-bond acceptors (Lipinski definition) is 6. The highest BCUT2D eigenvalue weighted by molar-refractivity contribution is 6.04. The standard InChI is InChI=1S/C15H14FN7O3/c1-9-13(23(25)26)12(19-21(9)2)14(24)18-15-17-8-22(20-15)7-10-3-5-11(16)6-4-10/h3-6,8H,7H2,1-2H3,(H,18,20,24). The van der Waals surface area contributed by atoms with Gasteiger partial charge in [-0.25, -0.2) is 14.1 Å². The largest absolute Gasteiger partial charge is 0.322 e. The summed E-state index contributed by atoms with van der Waals surface area (Å²) in [7, 11) is 1.51. The number of carbonyl (C=O) groups excluding carboxylic acids is 1. The van der Waals surface area contributed by atoms with E-state index in [1.54, 1.807) is 12.1 Å². The number of hydrogen-bond donors (Lipinski definition) is 1. The fourth-order valence-corrected chi connectivity index (χ4v) is 2.33. The third-order valence-corrected chi connectivity index (χ3v) is 3.72. The third kappa shape index (κ3) is 3.41. The van der Waals surface area contributed by atoms with Gasteiger partial charge in [0, 0.05) is 7.05 Å². The Morgan fingerprint density at radius 3 is 2.65 bits per heavy atom. The number of anilines is 1. The summed E-state index contributed by atoms with van der Waals surface area (Å²) in [5.74, 6) is -1.14. The van der Waals surface area contributed by atoms with E-state index < -0.39 is 10.8 Å². The van der Waals surface area contributed by atoms with Gasteiger partial charge in [-0.15, -0.1) is 5.10 Å². The minimum absolute atomic E-state index is 0.0188. The van der Waals surface area contributed by atoms with E-state index in [-0.39, 0.29) is 28.8 Å². The maximum absolute atomic E-state index is 12.9. The van der Waals surface area contributed by atoms with Gasteiger partial charge in [0.1, 0.15) is 17.8 Å². The Morgan fingerprint density at radius 1 is 1.31 bits per heavy atom. The lowest BCUT2D eigenvalue weighted by atomic mass is 10.2. The highest BCUT2D eigenvalue weighted by atomic mass is 19.1. The van der Waals surface area contributed by atoms with Crippen molar-refractivity contribution < 1.29 is 14.1 Å². The van der Waals surface area contributed by atoms with Gasteiger partial charge in [0.15, 0.2) is 0 Å². The molecule has 0 saturated heterocycles. The fraction of sp³-hybridized carbons (Fsp3) is 0.200. The van der Waals surface area contributed by atoms with Gasteiger partial charge in [0.2, 0.25) is 11.6 Å². The van der Waals surface area contributed by atoms with E-state index >= 15 is 0 Å². The van der Waals surface area contributed by atoms with Gasteiger partial charge in [0.25, 0.3) is 5.91 Å². The molecule has 0 radical (unpaired) electrons. The lowest BCUT2D eigenvalue weighted by Gasteiger charge is -2.01. The van der Waals surface area contributed by atoms with Gasteiger partial charge in [0.05, 0.1) is 11.5 Å². The Balaban J connectivity index is 1.75. The summed E-state index contributed by atoms with van der Waals surface area (Å²) in [4.78, 5) is 26.7. The first-order chi connectivity index (χ1) is 12.3. The molecule has 3 rings (SSSR count). The first kappa shape index (κ1) is 17.2. The Morgan fingerprint density at radius 2 is 2.00 bits per heavy atom. The molecule has 1 N–H and O–H groups in total. The van der Waals surface area contributed by atoms with E-state index in [2.05, 4.69) is 20.5 Å². The Hall–Kier alpha value is -3.63. The van der Waals surface area contributed by atoms with Crippen molar-refractivity contribution in [2.75, 3.05) is 5.32 Å². The molecule has 1 aromatic carbocycles. The number of aromatic nitrogens is 5. The summed E-state index contributed by atoms with van der Waals surface area (Å²) in [6.45, 7) is 1.82. The van der Waals surface area contributed by atoms with Crippen LogP contribution >= 0.6 is 0 Å². The molecule has 0 aliphatic rings. The van der Waals surface area contributed by atoms with Crippen molar-refractivity contribution in [3.8, 4) is 0 Å². The molecule has 134 valence electrons. The molecule has 1 amide bonds. The Bertz CT molecular complexity index is 978. The number of benzene rings is 1. The quantitative estimate of drug-likeness (QED) is 0.546. The SMILES string of the molecule is Cc1c([N+](=O)[O-])c(C(=O)Nc2ncn(Cc3ccc(F)cc3)n2)nn1C. The second-order valence-corrected chi connectivity index (χ2v) is 5.51. The van der Waals surface area contributed by atoms with Crippen LogP contribution < -0.4 is 5.32 Å². The lowest BCUT2D eigenvalue weighted by Crippen LogP contribution is -2.16. The second kappa shape index (κ2) is 6.70. The van der Waals surface area contributed by atoms with Crippen molar-refractivity contribution in [2.45, 2.75) is 13.5 Å². The monoisotopic (exact) mass is 359 g/mol. The minimum atomic E-state index is -0.778. The number of carbonyl (C=O) groups is 1. The normalized spacial score (nSPS) is 10.7. The predicted octanol–water partition coefficient (Wildman–Crippen LogP) is 1.67. The molecule has 3 aromatic rings. The molecule has 0 spiro atoms. The van der Waals surface area contributed by atoms with E-state index in [1.807, 2.05) is 0 Å². The predicted molar refractivity (Wildman–Crippen MR) is 88.1 cm³/mol. The Labute approximate surface area is 146 Å². The van der Waals surface area contributed by atoms with Crippen molar-refractivity contribution >= 4 is 17.5 Å². The zero-order valence-corrected chi connectivity index (χ0v) is 13.9. The van der Waals surface area contributed by atoms with Gasteiger partial charge in [-0.05, 0) is 24.6 Å². The molecule has 26 heavy (non-hydrogen) atoms. The lowest BCUT2D eigenvalue weighted by molar-refractivity contribution is -0.385. The zero-order chi connectivity index (χ0) is 18.8. The molecular formula is C15H14FN7O3. The molecule has 0 saturated carbocycles. The molecule has 0 aliphatic heterocycles. The number of nitrogens with zero attached hydrogens (tertiary/aromatic N) is 6. The van der Waals surface area contributed by atoms with Crippen LogP contribution in [0.5, 0.6) is 0 Å². The smallest absolute Gasteiger partial charge is 0.287 e. The van der Waals surface area contributed by atoms with Crippen LogP contribution in [0.1, 0.15) is 21.7 Å². The summed E-state index contributed by atoms with van der Waals surface area (Å²) in [5, 5.41) is 21.5. The average Bonchev–Trinajstić information content (AvgIpc) is 3.14. The molecule has 2 aromatic heterocycles. The van der Waals surface area contributed by atoms with Crippen LogP contribution in [0.3, 0.4) is 0 Å². The minimum Gasteiger partial charge on any atom is -0.287 e. The van der Waals surface area contributed by atoms with Crippen molar-refractivity contribution in [2.24, 2.45) is 7.05 Å². The molecule has 10 nitrogen and oxygen atoms in total. The van der Waals surface area contributed by atoms with E-state index in [0.29, 0.717) is 6.54 Å². The highest BCUT2D eigenvalue weighted by Gasteiger charge is 2.29. The molecule has 0 fully saturated rings. The van der Waals surface area contributed by atoms with E-state index in [4.69, 9.17) is 0 Å². The van der Waals surface area contributed by atoms with Crippen LogP contribution in [0, 0.1) is 22.9 Å². The van der Waals surface area contributed by atoms with Crippen molar-refractivity contribution in [1.29, 1.82) is 0 Å². The molecule has 0 atom stereocenters. The summed E-state index contributed by atoms with van der Waals surface area (Å²) in [6.07, 6.45) is 1.39. The van der Waals surface area contributed by atoms with Gasteiger partial charge >= 0.3 is 5.69 Å². The number of nitrogens with one attached hydrogen (secondary N) is 1. The van der Waals surface area contributed by atoms with Gasteiger partial charge in [-0.3, -0.25) is 24.9 Å². The van der Waals surface area contributed by atoms with E-state index in [0.717, 1.165) is 5.56 Å². The molecule has 0 aliphatic carbocycles. The molecule has 0 bridgehead atoms. The summed E-state index contributed by atoms with van der Waals surface area (Å²) in [6, 6.07) is 5.87. The maximum atomic E-state index is 12.9. The van der Waals surface area contributed by atoms with E-state index in [1.165, 1.54) is 41.8 Å². The van der Waals surface area contributed by atoms with Crippen LogP contribution in [0.15, 0.2) is 30.6 Å². The van der Waals surface area contributed by atoms with E-state index in [9.17, 15) is 19.3 Å². The summed E-state index contributed by atoms with van der Waals surface area (Å²) >= 11 is 0. The highest BCUT2D eigenvalue weighted by Crippen LogP contribution is 2.22. The first-order valence-corrected chi connectivity index (χ1v) is 7.48. The van der Waals surface area contributed by atoms with Gasteiger partial charge < -0.3 is 0 Å². The molecule has 0 unspecified atom stereocenters. The molecule has 2 heterocycles. The van der Waals surface area contributed by atoms with Gasteiger partial charge in [-0.1, -0.05) is 12.1 Å². The van der Waals surface area contributed by atoms with Crippen molar-refractivity contribution in [3.63, 3.8) is 0 Å². The summed E-state index contributed by atoms with van der Waals surface area (Å²) in [5.41, 5.74) is 0.376. The summed E-state index contributed by atoms with van der Waals surface area (Å²) < 4.78 is 15.6. The number of nitro groups is 1. The van der Waals surface area contributed by atoms with Gasteiger partial charge in [-0.2, -0.15) is 5.10 Å². The van der Waals surface area contributed by atoms with Crippen LogP contribution in [-0.2, 0) is 13.6 Å². The number of halogens is 1. The number of amides is 1. The fourth-order valence-electron chi connectivity index (χ4n) is 2.33. The third-order valence-electron chi connectivity index (χ3n) is 3.72. The average molecular weight is 359 g/mol. The van der Waals surface area contributed by atoms with Crippen LogP contribution in [0.2, 0.25) is 0 Å². The van der Waals surface area contributed by atoms with Crippen molar-refractivity contribution in [3.05, 3.63) is 63.5 Å². The van der Waals surface area contributed by atoms with Crippen molar-refractivity contribution in [1.82, 2.24) is 24.5 Å². The zero-order valence-electron chi connectivity index (χ0n) is 13.9. The van der Waals surface area contributed by atoms with Crippen LogP contribution in [0.4, 0.5) is 16.0 Å². The second-order valence-electron chi connectivity index (χ2n) is 5.51. The topological polar surface area (TPSA) is 121 Å². The van der Waals surface area contributed by atoms with Crippen LogP contribution in [0.25, 0.3) is 0 Å². The first-order valence-electron chi connectivity index (χ1n) is 7.48. The van der Waals surface area contributed by atoms with Crippen LogP contribution in [-0.4, -0.2) is 35.4 Å². The molecule has 11 heteroatoms. The maximum Gasteiger partial charge on any atom is 0.322 e. The Kier molecular flexibility index (Phi) is 4.43. The number of rotatable bonds is 5. The number of aryl methyl sites for hydroxylation is 1.